The lowest BCUT2D eigenvalue weighted by Gasteiger charge is -2.20. The summed E-state index contributed by atoms with van der Waals surface area (Å²) in [7, 11) is 0. The number of rotatable bonds is 5. The van der Waals surface area contributed by atoms with Crippen LogP contribution in [0.4, 0.5) is 0 Å². The molecule has 1 unspecified atom stereocenters. The molecule has 0 aliphatic carbocycles. The molecule has 1 aromatic carbocycles. The molecule has 0 amide bonds. The summed E-state index contributed by atoms with van der Waals surface area (Å²) >= 11 is 6.02. The summed E-state index contributed by atoms with van der Waals surface area (Å²) in [5.74, 6) is 6.04. The molecule has 0 bridgehead atoms. The fourth-order valence-electron chi connectivity index (χ4n) is 1.73. The maximum absolute atomic E-state index is 10.4. The number of aliphatic hydroxyl groups is 1. The molecular formula is C16H18ClNO. The number of benzene rings is 1. The van der Waals surface area contributed by atoms with Gasteiger partial charge in [0.2, 0.25) is 0 Å². The lowest BCUT2D eigenvalue weighted by atomic mass is 9.90. The van der Waals surface area contributed by atoms with Gasteiger partial charge < -0.3 is 5.11 Å². The third-order valence-electron chi connectivity index (χ3n) is 2.90. The molecule has 0 aliphatic rings. The lowest BCUT2D eigenvalue weighted by molar-refractivity contribution is 0.0897. The van der Waals surface area contributed by atoms with Crippen LogP contribution in [0.25, 0.3) is 0 Å². The Balaban J connectivity index is 2.69. The summed E-state index contributed by atoms with van der Waals surface area (Å²) in [6.45, 7) is 2.12. The molecule has 0 spiro atoms. The van der Waals surface area contributed by atoms with Crippen LogP contribution in [0.15, 0.2) is 24.3 Å². The quantitative estimate of drug-likeness (QED) is 0.501. The van der Waals surface area contributed by atoms with Gasteiger partial charge in [-0.1, -0.05) is 43.1 Å². The predicted octanol–water partition coefficient (Wildman–Crippen LogP) is 4.02. The molecule has 0 saturated heterocycles. The van der Waals surface area contributed by atoms with E-state index >= 15 is 0 Å². The number of halogens is 1. The first kappa shape index (κ1) is 15.6. The minimum Gasteiger partial charge on any atom is -0.371 e. The number of nitrogens with zero attached hydrogens (tertiary/aromatic N) is 1. The van der Waals surface area contributed by atoms with Gasteiger partial charge in [0, 0.05) is 29.8 Å². The average molecular weight is 276 g/mol. The van der Waals surface area contributed by atoms with Crippen LogP contribution in [0, 0.1) is 23.2 Å². The van der Waals surface area contributed by atoms with Crippen LogP contribution in [0.5, 0.6) is 0 Å². The molecular weight excluding hydrogens is 258 g/mol. The summed E-state index contributed by atoms with van der Waals surface area (Å²) in [6, 6.07) is 8.82. The van der Waals surface area contributed by atoms with E-state index in [4.69, 9.17) is 11.6 Å². The van der Waals surface area contributed by atoms with Crippen molar-refractivity contribution in [2.24, 2.45) is 0 Å². The zero-order valence-electron chi connectivity index (χ0n) is 11.1. The second-order valence-corrected chi connectivity index (χ2v) is 4.82. The monoisotopic (exact) mass is 275 g/mol. The Hall–Kier alpha value is -1.48. The van der Waals surface area contributed by atoms with Crippen molar-refractivity contribution >= 4 is 11.6 Å². The number of nitriles is 1. The Kier molecular flexibility index (Phi) is 6.43. The van der Waals surface area contributed by atoms with Gasteiger partial charge in [-0.15, -0.1) is 11.8 Å². The molecule has 2 nitrogen and oxygen atoms in total. The molecule has 0 radical (unpaired) electrons. The SMILES string of the molecule is CCCCC#CCCC(O)(C#N)c1ccccc1Cl. The van der Waals surface area contributed by atoms with Crippen molar-refractivity contribution in [2.75, 3.05) is 0 Å². The molecule has 19 heavy (non-hydrogen) atoms. The fraction of sp³-hybridized carbons (Fsp3) is 0.438. The zero-order valence-corrected chi connectivity index (χ0v) is 11.9. The van der Waals surface area contributed by atoms with Gasteiger partial charge in [0.05, 0.1) is 0 Å². The second-order valence-electron chi connectivity index (χ2n) is 4.41. The Labute approximate surface area is 120 Å². The van der Waals surface area contributed by atoms with Crippen LogP contribution < -0.4 is 0 Å². The Morgan fingerprint density at radius 3 is 2.58 bits per heavy atom. The Bertz CT molecular complexity index is 509. The van der Waals surface area contributed by atoms with E-state index in [1.54, 1.807) is 24.3 Å². The number of hydrogen-bond acceptors (Lipinski definition) is 2. The van der Waals surface area contributed by atoms with Crippen LogP contribution in [0.3, 0.4) is 0 Å². The molecule has 0 aromatic heterocycles. The number of unbranched alkanes of at least 4 members (excludes halogenated alkanes) is 2. The fourth-order valence-corrected chi connectivity index (χ4v) is 2.02. The summed E-state index contributed by atoms with van der Waals surface area (Å²) in [5, 5.41) is 20.0. The second kappa shape index (κ2) is 7.85. The molecule has 1 rings (SSSR count). The summed E-state index contributed by atoms with van der Waals surface area (Å²) in [5.41, 5.74) is -1.10. The third-order valence-corrected chi connectivity index (χ3v) is 3.23. The molecule has 3 heteroatoms. The highest BCUT2D eigenvalue weighted by molar-refractivity contribution is 6.31. The minimum absolute atomic E-state index is 0.270. The zero-order chi connectivity index (χ0) is 14.1. The van der Waals surface area contributed by atoms with E-state index in [-0.39, 0.29) is 6.42 Å². The van der Waals surface area contributed by atoms with E-state index in [0.717, 1.165) is 19.3 Å². The molecule has 100 valence electrons. The topological polar surface area (TPSA) is 44.0 Å². The third kappa shape index (κ3) is 4.60. The molecule has 1 aromatic rings. The van der Waals surface area contributed by atoms with Crippen molar-refractivity contribution < 1.29 is 5.11 Å². The highest BCUT2D eigenvalue weighted by Gasteiger charge is 2.30. The van der Waals surface area contributed by atoms with E-state index in [0.29, 0.717) is 17.0 Å². The van der Waals surface area contributed by atoms with Crippen molar-refractivity contribution in [3.05, 3.63) is 34.9 Å². The standard InChI is InChI=1S/C16H18ClNO/c1-2-3-4-5-6-9-12-16(19,13-18)14-10-7-8-11-15(14)17/h7-8,10-11,19H,2-4,9,12H2,1H3. The van der Waals surface area contributed by atoms with E-state index in [1.165, 1.54) is 0 Å². The highest BCUT2D eigenvalue weighted by Crippen LogP contribution is 2.31. The largest absolute Gasteiger partial charge is 0.371 e. The average Bonchev–Trinajstić information content (AvgIpc) is 2.43. The first-order chi connectivity index (χ1) is 9.14. The van der Waals surface area contributed by atoms with Crippen LogP contribution in [0.1, 0.15) is 44.6 Å². The maximum Gasteiger partial charge on any atom is 0.179 e. The first-order valence-corrected chi connectivity index (χ1v) is 6.86. The normalized spacial score (nSPS) is 12.9. The van der Waals surface area contributed by atoms with Crippen LogP contribution in [0.2, 0.25) is 5.02 Å². The summed E-state index contributed by atoms with van der Waals surface area (Å²) in [6.07, 6.45) is 3.83. The van der Waals surface area contributed by atoms with Gasteiger partial charge in [-0.2, -0.15) is 5.26 Å². The predicted molar refractivity (Wildman–Crippen MR) is 77.5 cm³/mol. The van der Waals surface area contributed by atoms with E-state index < -0.39 is 5.60 Å². The van der Waals surface area contributed by atoms with Crippen molar-refractivity contribution in [2.45, 2.75) is 44.6 Å². The lowest BCUT2D eigenvalue weighted by Crippen LogP contribution is -2.23. The van der Waals surface area contributed by atoms with Gasteiger partial charge in [-0.05, 0) is 12.5 Å². The minimum atomic E-state index is -1.56. The van der Waals surface area contributed by atoms with Crippen molar-refractivity contribution in [3.63, 3.8) is 0 Å². The molecule has 0 fully saturated rings. The molecule has 1 atom stereocenters. The van der Waals surface area contributed by atoms with Gasteiger partial charge in [0.1, 0.15) is 6.07 Å². The summed E-state index contributed by atoms with van der Waals surface area (Å²) < 4.78 is 0. The van der Waals surface area contributed by atoms with Crippen LogP contribution in [-0.4, -0.2) is 5.11 Å². The van der Waals surface area contributed by atoms with E-state index in [9.17, 15) is 10.4 Å². The molecule has 0 aliphatic heterocycles. The van der Waals surface area contributed by atoms with Gasteiger partial charge in [-0.25, -0.2) is 0 Å². The van der Waals surface area contributed by atoms with Gasteiger partial charge in [0.15, 0.2) is 5.60 Å². The first-order valence-electron chi connectivity index (χ1n) is 6.48. The van der Waals surface area contributed by atoms with Gasteiger partial charge >= 0.3 is 0 Å². The van der Waals surface area contributed by atoms with Crippen molar-refractivity contribution in [3.8, 4) is 17.9 Å². The molecule has 1 N–H and O–H groups in total. The summed E-state index contributed by atoms with van der Waals surface area (Å²) in [4.78, 5) is 0. The van der Waals surface area contributed by atoms with Gasteiger partial charge in [0.25, 0.3) is 0 Å². The smallest absolute Gasteiger partial charge is 0.179 e. The molecule has 0 heterocycles. The van der Waals surface area contributed by atoms with Crippen LogP contribution >= 0.6 is 11.6 Å². The van der Waals surface area contributed by atoms with Crippen molar-refractivity contribution in [1.29, 1.82) is 5.26 Å². The highest BCUT2D eigenvalue weighted by atomic mass is 35.5. The Morgan fingerprint density at radius 1 is 1.26 bits per heavy atom. The number of hydrogen-bond donors (Lipinski definition) is 1. The van der Waals surface area contributed by atoms with E-state index in [1.807, 2.05) is 6.07 Å². The van der Waals surface area contributed by atoms with Crippen LogP contribution in [-0.2, 0) is 5.60 Å². The van der Waals surface area contributed by atoms with Crippen molar-refractivity contribution in [1.82, 2.24) is 0 Å². The Morgan fingerprint density at radius 2 is 1.95 bits per heavy atom. The molecule has 0 saturated carbocycles. The van der Waals surface area contributed by atoms with Gasteiger partial charge in [-0.3, -0.25) is 0 Å². The maximum atomic E-state index is 10.4. The van der Waals surface area contributed by atoms with E-state index in [2.05, 4.69) is 18.8 Å².